The van der Waals surface area contributed by atoms with Crippen molar-refractivity contribution in [3.8, 4) is 0 Å². The van der Waals surface area contributed by atoms with Gasteiger partial charge in [0.15, 0.2) is 5.76 Å². The fourth-order valence-electron chi connectivity index (χ4n) is 4.55. The summed E-state index contributed by atoms with van der Waals surface area (Å²) in [6.45, 7) is 2.12. The molecule has 0 bridgehead atoms. The fraction of sp³-hybridized carbons (Fsp3) is 0.148. The largest absolute Gasteiger partial charge is 0.505 e. The first-order valence-electron chi connectivity index (χ1n) is 11.0. The van der Waals surface area contributed by atoms with Crippen LogP contribution in [0.15, 0.2) is 89.0 Å². The summed E-state index contributed by atoms with van der Waals surface area (Å²) in [4.78, 5) is 32.6. The number of nitrogens with zero attached hydrogens (tertiary/aromatic N) is 3. The number of aliphatic hydroxyl groups is 1. The van der Waals surface area contributed by atoms with Crippen molar-refractivity contribution in [3.63, 3.8) is 0 Å². The van der Waals surface area contributed by atoms with Crippen LogP contribution in [-0.4, -0.2) is 37.6 Å². The first kappa shape index (κ1) is 22.1. The average molecular weight is 516 g/mol. The molecule has 170 valence electrons. The number of ketones is 1. The maximum Gasteiger partial charge on any atom is 0.295 e. The average Bonchev–Trinajstić information content (AvgIpc) is 3.31. The zero-order chi connectivity index (χ0) is 23.8. The number of halogens is 1. The van der Waals surface area contributed by atoms with Crippen molar-refractivity contribution in [3.05, 3.63) is 112 Å². The van der Waals surface area contributed by atoms with Gasteiger partial charge in [-0.1, -0.05) is 64.5 Å². The molecule has 1 N–H and O–H groups in total. The highest BCUT2D eigenvalue weighted by molar-refractivity contribution is 9.10. The highest BCUT2D eigenvalue weighted by Crippen LogP contribution is 2.40. The summed E-state index contributed by atoms with van der Waals surface area (Å²) in [6, 6.07) is 22.1. The van der Waals surface area contributed by atoms with E-state index in [2.05, 4.69) is 20.9 Å². The van der Waals surface area contributed by atoms with Crippen molar-refractivity contribution < 1.29 is 14.7 Å². The Morgan fingerprint density at radius 1 is 1.03 bits per heavy atom. The summed E-state index contributed by atoms with van der Waals surface area (Å²) in [5.41, 5.74) is 3.53. The molecule has 1 aliphatic rings. The molecule has 0 aliphatic carbocycles. The van der Waals surface area contributed by atoms with Crippen LogP contribution in [-0.2, 0) is 16.0 Å². The SMILES string of the molecule is Cc1nc2ccccn2c1/C(O)=C1\C(=O)C(=O)N(CCc2ccccc2)C1c1cccc(Br)c1. The van der Waals surface area contributed by atoms with E-state index in [-0.39, 0.29) is 11.3 Å². The van der Waals surface area contributed by atoms with E-state index in [9.17, 15) is 14.7 Å². The molecule has 1 saturated heterocycles. The van der Waals surface area contributed by atoms with Crippen LogP contribution in [0.2, 0.25) is 0 Å². The number of aliphatic hydroxyl groups excluding tert-OH is 1. The minimum absolute atomic E-state index is 0.0740. The van der Waals surface area contributed by atoms with E-state index < -0.39 is 17.7 Å². The Bertz CT molecular complexity index is 1440. The topological polar surface area (TPSA) is 74.9 Å². The Labute approximate surface area is 205 Å². The number of Topliss-reactive ketones (excluding diaryl/α,β-unsaturated/α-hetero) is 1. The monoisotopic (exact) mass is 515 g/mol. The lowest BCUT2D eigenvalue weighted by Crippen LogP contribution is -2.31. The Balaban J connectivity index is 1.66. The summed E-state index contributed by atoms with van der Waals surface area (Å²) in [6.07, 6.45) is 2.37. The third kappa shape index (κ3) is 3.82. The summed E-state index contributed by atoms with van der Waals surface area (Å²) in [5.74, 6) is -1.53. The molecule has 3 heterocycles. The quantitative estimate of drug-likeness (QED) is 0.228. The van der Waals surface area contributed by atoms with Gasteiger partial charge in [-0.3, -0.25) is 14.0 Å². The molecule has 5 rings (SSSR count). The van der Waals surface area contributed by atoms with Gasteiger partial charge < -0.3 is 10.0 Å². The molecular formula is C27H22BrN3O3. The van der Waals surface area contributed by atoms with Crippen molar-refractivity contribution in [2.24, 2.45) is 0 Å². The van der Waals surface area contributed by atoms with Crippen LogP contribution in [0, 0.1) is 6.92 Å². The minimum Gasteiger partial charge on any atom is -0.505 e. The number of aryl methyl sites for hydroxylation is 1. The molecule has 0 radical (unpaired) electrons. The lowest BCUT2D eigenvalue weighted by Gasteiger charge is -2.25. The van der Waals surface area contributed by atoms with Crippen molar-refractivity contribution in [2.75, 3.05) is 6.54 Å². The summed E-state index contributed by atoms with van der Waals surface area (Å²) in [7, 11) is 0. The van der Waals surface area contributed by atoms with Gasteiger partial charge >= 0.3 is 0 Å². The number of fused-ring (bicyclic) bond motifs is 1. The molecule has 7 heteroatoms. The van der Waals surface area contributed by atoms with Crippen LogP contribution >= 0.6 is 15.9 Å². The Kier molecular flexibility index (Phi) is 5.79. The number of hydrogen-bond donors (Lipinski definition) is 1. The van der Waals surface area contributed by atoms with E-state index in [4.69, 9.17) is 0 Å². The van der Waals surface area contributed by atoms with Gasteiger partial charge in [0.25, 0.3) is 11.7 Å². The number of benzene rings is 2. The minimum atomic E-state index is -0.713. The second-order valence-corrected chi connectivity index (χ2v) is 9.17. The molecule has 34 heavy (non-hydrogen) atoms. The Hall–Kier alpha value is -3.71. The number of likely N-dealkylation sites (tertiary alicyclic amines) is 1. The van der Waals surface area contributed by atoms with Crippen LogP contribution in [0.4, 0.5) is 0 Å². The van der Waals surface area contributed by atoms with Gasteiger partial charge in [0.05, 0.1) is 17.3 Å². The van der Waals surface area contributed by atoms with Gasteiger partial charge in [0.2, 0.25) is 0 Å². The first-order valence-corrected chi connectivity index (χ1v) is 11.8. The maximum atomic E-state index is 13.3. The molecule has 1 atom stereocenters. The lowest BCUT2D eigenvalue weighted by molar-refractivity contribution is -0.139. The Morgan fingerprint density at radius 2 is 1.79 bits per heavy atom. The predicted molar refractivity (Wildman–Crippen MR) is 133 cm³/mol. The number of amides is 1. The number of rotatable bonds is 5. The number of carbonyl (C=O) groups excluding carboxylic acids is 2. The number of imidazole rings is 1. The van der Waals surface area contributed by atoms with Crippen LogP contribution in [0.3, 0.4) is 0 Å². The van der Waals surface area contributed by atoms with E-state index >= 15 is 0 Å². The van der Waals surface area contributed by atoms with Gasteiger partial charge in [-0.05, 0) is 48.7 Å². The second-order valence-electron chi connectivity index (χ2n) is 8.26. The van der Waals surface area contributed by atoms with Crippen molar-refractivity contribution in [1.82, 2.24) is 14.3 Å². The Morgan fingerprint density at radius 3 is 2.56 bits per heavy atom. The summed E-state index contributed by atoms with van der Waals surface area (Å²) in [5, 5.41) is 11.5. The van der Waals surface area contributed by atoms with E-state index in [0.29, 0.717) is 30.0 Å². The second kappa shape index (κ2) is 8.91. The molecule has 4 aromatic rings. The van der Waals surface area contributed by atoms with Crippen LogP contribution < -0.4 is 0 Å². The van der Waals surface area contributed by atoms with Crippen molar-refractivity contribution >= 4 is 39.0 Å². The molecule has 6 nitrogen and oxygen atoms in total. The number of pyridine rings is 1. The van der Waals surface area contributed by atoms with Gasteiger partial charge in [0.1, 0.15) is 11.3 Å². The first-order chi connectivity index (χ1) is 16.5. The molecule has 0 spiro atoms. The molecule has 1 unspecified atom stereocenters. The third-order valence-corrected chi connectivity index (χ3v) is 6.61. The van der Waals surface area contributed by atoms with Crippen molar-refractivity contribution in [1.29, 1.82) is 0 Å². The van der Waals surface area contributed by atoms with Crippen molar-refractivity contribution in [2.45, 2.75) is 19.4 Å². The molecule has 2 aromatic carbocycles. The number of hydrogen-bond acceptors (Lipinski definition) is 4. The normalized spacial score (nSPS) is 17.6. The molecule has 1 aliphatic heterocycles. The molecule has 1 amide bonds. The van der Waals surface area contributed by atoms with E-state index in [1.807, 2.05) is 72.8 Å². The van der Waals surface area contributed by atoms with E-state index in [1.54, 1.807) is 22.4 Å². The molecule has 1 fully saturated rings. The molecular weight excluding hydrogens is 494 g/mol. The predicted octanol–water partition coefficient (Wildman–Crippen LogP) is 5.07. The van der Waals surface area contributed by atoms with Gasteiger partial charge in [-0.25, -0.2) is 4.98 Å². The number of aromatic nitrogens is 2. The summed E-state index contributed by atoms with van der Waals surface area (Å²) < 4.78 is 2.56. The zero-order valence-electron chi connectivity index (χ0n) is 18.5. The smallest absolute Gasteiger partial charge is 0.295 e. The zero-order valence-corrected chi connectivity index (χ0v) is 20.1. The van der Waals surface area contributed by atoms with E-state index in [0.717, 1.165) is 15.6 Å². The highest BCUT2D eigenvalue weighted by atomic mass is 79.9. The van der Waals surface area contributed by atoms with Gasteiger partial charge in [-0.2, -0.15) is 0 Å². The lowest BCUT2D eigenvalue weighted by atomic mass is 9.96. The van der Waals surface area contributed by atoms with Gasteiger partial charge in [-0.15, -0.1) is 0 Å². The fourth-order valence-corrected chi connectivity index (χ4v) is 4.97. The molecule has 0 saturated carbocycles. The van der Waals surface area contributed by atoms with E-state index in [1.165, 1.54) is 0 Å². The van der Waals surface area contributed by atoms with Crippen LogP contribution in [0.25, 0.3) is 11.4 Å². The van der Waals surface area contributed by atoms with Crippen LogP contribution in [0.1, 0.15) is 28.6 Å². The van der Waals surface area contributed by atoms with Gasteiger partial charge in [0, 0.05) is 17.2 Å². The van der Waals surface area contributed by atoms with Crippen LogP contribution in [0.5, 0.6) is 0 Å². The standard InChI is InChI=1S/C27H22BrN3O3/c1-17-23(30-14-6-5-12-21(30)29-17)25(32)22-24(19-10-7-11-20(28)16-19)31(27(34)26(22)33)15-13-18-8-3-2-4-9-18/h2-12,14,16,24,32H,13,15H2,1H3/b25-22+. The number of carbonyl (C=O) groups is 2. The highest BCUT2D eigenvalue weighted by Gasteiger charge is 2.46. The molecule has 2 aromatic heterocycles. The summed E-state index contributed by atoms with van der Waals surface area (Å²) >= 11 is 3.49. The third-order valence-electron chi connectivity index (χ3n) is 6.12. The maximum absolute atomic E-state index is 13.3.